The molecule has 3 heterocycles. The lowest BCUT2D eigenvalue weighted by atomic mass is 10.1. The Balaban J connectivity index is 1.52. The van der Waals surface area contributed by atoms with Gasteiger partial charge in [-0.3, -0.25) is 9.69 Å². The average molecular weight is 498 g/mol. The van der Waals surface area contributed by atoms with Gasteiger partial charge in [0, 0.05) is 12.6 Å². The molecular formula is C26H27NO9. The lowest BCUT2D eigenvalue weighted by molar-refractivity contribution is -0.139. The second-order valence-corrected chi connectivity index (χ2v) is 9.27. The third kappa shape index (κ3) is 5.27. The smallest absolute Gasteiger partial charge is 0.411 e. The summed E-state index contributed by atoms with van der Waals surface area (Å²) in [6, 6.07) is 6.51. The molecule has 1 aliphatic rings. The number of esters is 2. The van der Waals surface area contributed by atoms with E-state index in [1.807, 2.05) is 0 Å². The van der Waals surface area contributed by atoms with Crippen LogP contribution in [-0.2, 0) is 14.3 Å². The van der Waals surface area contributed by atoms with Crippen molar-refractivity contribution in [3.63, 3.8) is 0 Å². The van der Waals surface area contributed by atoms with Gasteiger partial charge in [-0.15, -0.1) is 0 Å². The Hall–Kier alpha value is -4.08. The van der Waals surface area contributed by atoms with Crippen molar-refractivity contribution in [1.29, 1.82) is 0 Å². The number of amides is 1. The van der Waals surface area contributed by atoms with Crippen molar-refractivity contribution in [2.24, 2.45) is 0 Å². The topological polar surface area (TPSA) is 125 Å². The van der Waals surface area contributed by atoms with Crippen LogP contribution < -0.4 is 10.2 Å². The Kier molecular flexibility index (Phi) is 6.87. The van der Waals surface area contributed by atoms with Crippen LogP contribution >= 0.6 is 0 Å². The number of hydrogen-bond acceptors (Lipinski definition) is 9. The van der Waals surface area contributed by atoms with Crippen molar-refractivity contribution in [2.75, 3.05) is 13.2 Å². The molecule has 1 aliphatic heterocycles. The van der Waals surface area contributed by atoms with Crippen LogP contribution in [0.2, 0.25) is 0 Å². The lowest BCUT2D eigenvalue weighted by Crippen LogP contribution is -2.44. The van der Waals surface area contributed by atoms with E-state index in [9.17, 15) is 19.2 Å². The van der Waals surface area contributed by atoms with E-state index < -0.39 is 29.7 Å². The largest absolute Gasteiger partial charge is 0.463 e. The van der Waals surface area contributed by atoms with Crippen molar-refractivity contribution in [3.8, 4) is 17.1 Å². The maximum atomic E-state index is 13.0. The van der Waals surface area contributed by atoms with Gasteiger partial charge in [-0.1, -0.05) is 0 Å². The molecule has 0 N–H and O–H groups in total. The number of hydrogen-bond donors (Lipinski definition) is 0. The highest BCUT2D eigenvalue weighted by Gasteiger charge is 2.38. The van der Waals surface area contributed by atoms with Gasteiger partial charge in [-0.25, -0.2) is 14.4 Å². The van der Waals surface area contributed by atoms with Crippen LogP contribution in [0, 0.1) is 0 Å². The van der Waals surface area contributed by atoms with Crippen LogP contribution in [0.4, 0.5) is 4.79 Å². The van der Waals surface area contributed by atoms with Gasteiger partial charge >= 0.3 is 18.0 Å². The van der Waals surface area contributed by atoms with Crippen LogP contribution in [0.5, 0.6) is 5.75 Å². The zero-order valence-electron chi connectivity index (χ0n) is 20.5. The molecule has 1 saturated heterocycles. The second kappa shape index (κ2) is 9.88. The van der Waals surface area contributed by atoms with E-state index in [-0.39, 0.29) is 45.8 Å². The highest BCUT2D eigenvalue weighted by molar-refractivity contribution is 5.88. The molecule has 0 spiro atoms. The highest BCUT2D eigenvalue weighted by Crippen LogP contribution is 2.27. The van der Waals surface area contributed by atoms with E-state index >= 15 is 0 Å². The third-order valence-electron chi connectivity index (χ3n) is 5.47. The first-order chi connectivity index (χ1) is 17.1. The second-order valence-electron chi connectivity index (χ2n) is 9.27. The van der Waals surface area contributed by atoms with Crippen molar-refractivity contribution in [2.45, 2.75) is 52.2 Å². The van der Waals surface area contributed by atoms with Gasteiger partial charge in [-0.05, 0) is 64.8 Å². The minimum Gasteiger partial charge on any atom is -0.463 e. The molecule has 0 radical (unpaired) electrons. The van der Waals surface area contributed by atoms with Gasteiger partial charge < -0.3 is 23.0 Å². The first-order valence-corrected chi connectivity index (χ1v) is 11.6. The molecule has 1 fully saturated rings. The van der Waals surface area contributed by atoms with E-state index in [1.165, 1.54) is 41.5 Å². The average Bonchev–Trinajstić information content (AvgIpc) is 3.49. The fourth-order valence-corrected chi connectivity index (χ4v) is 3.87. The lowest BCUT2D eigenvalue weighted by Gasteiger charge is -2.27. The maximum absolute atomic E-state index is 13.0. The van der Waals surface area contributed by atoms with Crippen LogP contribution in [0.15, 0.2) is 50.2 Å². The first-order valence-electron chi connectivity index (χ1n) is 11.6. The molecular weight excluding hydrogens is 470 g/mol. The molecule has 2 aromatic heterocycles. The van der Waals surface area contributed by atoms with E-state index in [1.54, 1.807) is 27.7 Å². The molecule has 4 rings (SSSR count). The number of rotatable bonds is 5. The summed E-state index contributed by atoms with van der Waals surface area (Å²) in [5.41, 5.74) is -0.743. The molecule has 10 heteroatoms. The molecule has 1 atom stereocenters. The minimum atomic E-state index is -0.766. The minimum absolute atomic E-state index is 0.0269. The molecule has 1 amide bonds. The Morgan fingerprint density at radius 3 is 2.64 bits per heavy atom. The van der Waals surface area contributed by atoms with Gasteiger partial charge in [0.25, 0.3) is 0 Å². The normalized spacial score (nSPS) is 15.7. The van der Waals surface area contributed by atoms with Crippen LogP contribution in [-0.4, -0.2) is 47.7 Å². The van der Waals surface area contributed by atoms with E-state index in [4.69, 9.17) is 23.0 Å². The van der Waals surface area contributed by atoms with Gasteiger partial charge in [0.15, 0.2) is 0 Å². The summed E-state index contributed by atoms with van der Waals surface area (Å²) in [7, 11) is 0. The van der Waals surface area contributed by atoms with E-state index in [2.05, 4.69) is 0 Å². The number of likely N-dealkylation sites (tertiary alicyclic amines) is 1. The molecule has 0 bridgehead atoms. The number of benzene rings is 1. The summed E-state index contributed by atoms with van der Waals surface area (Å²) in [4.78, 5) is 51.5. The number of carbonyl (C=O) groups is 3. The van der Waals surface area contributed by atoms with Crippen LogP contribution in [0.1, 0.15) is 51.1 Å². The van der Waals surface area contributed by atoms with Gasteiger partial charge in [0.2, 0.25) is 11.2 Å². The number of ether oxygens (including phenoxy) is 3. The molecule has 1 aromatic carbocycles. The third-order valence-corrected chi connectivity index (χ3v) is 5.47. The Bertz CT molecular complexity index is 1360. The molecule has 0 unspecified atom stereocenters. The fraction of sp³-hybridized carbons (Fsp3) is 0.385. The summed E-state index contributed by atoms with van der Waals surface area (Å²) in [6.07, 6.45) is 1.76. The quantitative estimate of drug-likeness (QED) is 0.369. The molecule has 10 nitrogen and oxygen atoms in total. The maximum Gasteiger partial charge on any atom is 0.411 e. The molecule has 0 aliphatic carbocycles. The number of fused-ring (bicyclic) bond motifs is 1. The number of furan rings is 1. The summed E-state index contributed by atoms with van der Waals surface area (Å²) >= 11 is 0. The standard InChI is InChI=1S/C26H27NO9/c1-5-32-24(30)20-11-10-19(35-20)17-14-33-21-13-15(8-9-16(21)22(17)28)34-23(29)18-7-6-12-27(18)25(31)36-26(2,3)4/h8-11,13-14,18H,5-7,12H2,1-4H3/t18-/m1/s1. The van der Waals surface area contributed by atoms with Crippen molar-refractivity contribution in [3.05, 3.63) is 52.6 Å². The monoisotopic (exact) mass is 497 g/mol. The van der Waals surface area contributed by atoms with Crippen molar-refractivity contribution in [1.82, 2.24) is 4.90 Å². The van der Waals surface area contributed by atoms with Crippen molar-refractivity contribution >= 4 is 29.0 Å². The predicted octanol–water partition coefficient (Wildman–Crippen LogP) is 4.53. The van der Waals surface area contributed by atoms with Crippen LogP contribution in [0.3, 0.4) is 0 Å². The number of nitrogens with zero attached hydrogens (tertiary/aromatic N) is 1. The Morgan fingerprint density at radius 1 is 1.14 bits per heavy atom. The summed E-state index contributed by atoms with van der Waals surface area (Å²) < 4.78 is 26.9. The Morgan fingerprint density at radius 2 is 1.92 bits per heavy atom. The van der Waals surface area contributed by atoms with Gasteiger partial charge in [0.1, 0.15) is 40.6 Å². The number of carbonyl (C=O) groups excluding carboxylic acids is 3. The zero-order chi connectivity index (χ0) is 26.0. The summed E-state index contributed by atoms with van der Waals surface area (Å²) in [5, 5.41) is 0.234. The van der Waals surface area contributed by atoms with Crippen molar-refractivity contribution < 1.29 is 37.4 Å². The zero-order valence-corrected chi connectivity index (χ0v) is 20.5. The Labute approximate surface area is 206 Å². The fourth-order valence-electron chi connectivity index (χ4n) is 3.87. The summed E-state index contributed by atoms with van der Waals surface area (Å²) in [6.45, 7) is 7.54. The molecule has 0 saturated carbocycles. The predicted molar refractivity (Wildman–Crippen MR) is 128 cm³/mol. The molecule has 36 heavy (non-hydrogen) atoms. The highest BCUT2D eigenvalue weighted by atomic mass is 16.6. The van der Waals surface area contributed by atoms with E-state index in [0.29, 0.717) is 19.4 Å². The SMILES string of the molecule is CCOC(=O)c1ccc(-c2coc3cc(OC(=O)[C@H]4CCCN4C(=O)OC(C)(C)C)ccc3c2=O)o1. The first kappa shape index (κ1) is 25.0. The van der Waals surface area contributed by atoms with Gasteiger partial charge in [-0.2, -0.15) is 0 Å². The van der Waals surface area contributed by atoms with Crippen LogP contribution in [0.25, 0.3) is 22.3 Å². The molecule has 190 valence electrons. The van der Waals surface area contributed by atoms with Gasteiger partial charge in [0.05, 0.1) is 12.0 Å². The van der Waals surface area contributed by atoms with E-state index in [0.717, 1.165) is 0 Å². The molecule has 3 aromatic rings. The summed E-state index contributed by atoms with van der Waals surface area (Å²) in [5.74, 6) is -0.928.